The third-order valence-corrected chi connectivity index (χ3v) is 10.5. The van der Waals surface area contributed by atoms with E-state index in [4.69, 9.17) is 23.8 Å². The molecule has 10 nitrogen and oxygen atoms in total. The monoisotopic (exact) mass is 799 g/mol. The van der Waals surface area contributed by atoms with Crippen molar-refractivity contribution >= 4 is 17.9 Å². The minimum absolute atomic E-state index is 0.0381. The fourth-order valence-corrected chi connectivity index (χ4v) is 6.93. The number of hydrogen-bond acceptors (Lipinski definition) is 10. The maximum absolute atomic E-state index is 12.3. The number of ether oxygens (including phenoxy) is 4. The van der Waals surface area contributed by atoms with Crippen LogP contribution < -0.4 is 5.48 Å². The lowest BCUT2D eigenvalue weighted by atomic mass is 9.92. The minimum Gasteiger partial charge on any atom is -0.466 e. The van der Waals surface area contributed by atoms with Gasteiger partial charge in [-0.15, -0.1) is 0 Å². The van der Waals surface area contributed by atoms with E-state index in [2.05, 4.69) is 52.2 Å². The molecule has 0 spiro atoms. The number of nitrogens with zero attached hydrogens (tertiary/aromatic N) is 1. The Kier molecular flexibility index (Phi) is 40.1. The van der Waals surface area contributed by atoms with Crippen LogP contribution in [0.15, 0.2) is 0 Å². The van der Waals surface area contributed by atoms with E-state index in [1.165, 1.54) is 103 Å². The first-order valence-electron chi connectivity index (χ1n) is 23.3. The SMILES string of the molecule is CCCCCC(CCCCC)CCOC(=O)CCCOCCCC(CCCOC(=O)CCC(=O)OCCC(CCCCC)CCCCC)ONCCCN(C)C. The van der Waals surface area contributed by atoms with Crippen molar-refractivity contribution in [3.05, 3.63) is 0 Å². The number of rotatable bonds is 43. The normalized spacial score (nSPS) is 12.2. The molecule has 0 aliphatic carbocycles. The van der Waals surface area contributed by atoms with E-state index in [1.807, 2.05) is 0 Å². The summed E-state index contributed by atoms with van der Waals surface area (Å²) in [6, 6.07) is 0. The molecule has 0 aliphatic heterocycles. The lowest BCUT2D eigenvalue weighted by Gasteiger charge is -2.19. The molecule has 0 amide bonds. The molecule has 0 fully saturated rings. The van der Waals surface area contributed by atoms with E-state index in [-0.39, 0.29) is 43.5 Å². The molecule has 0 rings (SSSR count). The molecule has 56 heavy (non-hydrogen) atoms. The fourth-order valence-electron chi connectivity index (χ4n) is 6.93. The van der Waals surface area contributed by atoms with E-state index >= 15 is 0 Å². The van der Waals surface area contributed by atoms with Crippen LogP contribution in [0.25, 0.3) is 0 Å². The van der Waals surface area contributed by atoms with E-state index < -0.39 is 0 Å². The lowest BCUT2D eigenvalue weighted by Crippen LogP contribution is -2.27. The van der Waals surface area contributed by atoms with E-state index in [1.54, 1.807) is 0 Å². The van der Waals surface area contributed by atoms with Crippen LogP contribution in [0.3, 0.4) is 0 Å². The zero-order valence-electron chi connectivity index (χ0n) is 37.5. The standard InChI is InChI=1S/C46H90N2O8/c1-7-11-15-23-41(24-16-12-8-2)32-39-54-44(49)29-21-37-52-36-19-27-43(56-47-34-22-35-48(5)6)28-20-38-53-45(50)30-31-46(51)55-40-33-42(25-17-13-9-3)26-18-14-10-4/h41-43,47H,7-40H2,1-6H3. The second kappa shape index (κ2) is 41.4. The highest BCUT2D eigenvalue weighted by atomic mass is 16.7. The van der Waals surface area contributed by atoms with Gasteiger partial charge in [0.15, 0.2) is 0 Å². The quantitative estimate of drug-likeness (QED) is 0.0277. The molecule has 0 radical (unpaired) electrons. The van der Waals surface area contributed by atoms with E-state index in [0.29, 0.717) is 57.5 Å². The highest BCUT2D eigenvalue weighted by Crippen LogP contribution is 2.22. The molecule has 1 unspecified atom stereocenters. The zero-order valence-corrected chi connectivity index (χ0v) is 37.5. The van der Waals surface area contributed by atoms with Crippen molar-refractivity contribution in [3.8, 4) is 0 Å². The summed E-state index contributed by atoms with van der Waals surface area (Å²) in [6.45, 7) is 13.0. The summed E-state index contributed by atoms with van der Waals surface area (Å²) in [5.74, 6) is 0.446. The summed E-state index contributed by atoms with van der Waals surface area (Å²) in [4.78, 5) is 45.1. The second-order valence-electron chi connectivity index (χ2n) is 16.2. The molecule has 0 saturated heterocycles. The molecule has 0 heterocycles. The maximum Gasteiger partial charge on any atom is 0.306 e. The van der Waals surface area contributed by atoms with Gasteiger partial charge in [0.2, 0.25) is 0 Å². The molecule has 10 heteroatoms. The van der Waals surface area contributed by atoms with Crippen LogP contribution in [0.5, 0.6) is 0 Å². The number of carbonyl (C=O) groups is 3. The second-order valence-corrected chi connectivity index (χ2v) is 16.2. The van der Waals surface area contributed by atoms with Gasteiger partial charge in [0.05, 0.1) is 38.8 Å². The van der Waals surface area contributed by atoms with Gasteiger partial charge in [0, 0.05) is 26.2 Å². The number of esters is 3. The van der Waals surface area contributed by atoms with Crippen LogP contribution in [-0.2, 0) is 38.2 Å². The molecule has 332 valence electrons. The molecular weight excluding hydrogens is 709 g/mol. The van der Waals surface area contributed by atoms with Crippen LogP contribution in [0.4, 0.5) is 0 Å². The van der Waals surface area contributed by atoms with Gasteiger partial charge >= 0.3 is 17.9 Å². The molecule has 0 aliphatic rings. The molecule has 0 aromatic heterocycles. The number of hydroxylamine groups is 1. The highest BCUT2D eigenvalue weighted by Gasteiger charge is 2.15. The summed E-state index contributed by atoms with van der Waals surface area (Å²) in [5.41, 5.74) is 3.12. The number of hydrogen-bond donors (Lipinski definition) is 1. The lowest BCUT2D eigenvalue weighted by molar-refractivity contribution is -0.150. The van der Waals surface area contributed by atoms with Gasteiger partial charge in [-0.3, -0.25) is 19.2 Å². The number of carbonyl (C=O) groups excluding carboxylic acids is 3. The average Bonchev–Trinajstić information content (AvgIpc) is 3.17. The molecule has 1 atom stereocenters. The number of unbranched alkanes of at least 4 members (excludes halogenated alkanes) is 8. The first-order chi connectivity index (χ1) is 27.2. The Balaban J connectivity index is 4.35. The number of nitrogens with one attached hydrogen (secondary N) is 1. The predicted octanol–water partition coefficient (Wildman–Crippen LogP) is 10.9. The van der Waals surface area contributed by atoms with Crippen LogP contribution in [0, 0.1) is 11.8 Å². The Morgan fingerprint density at radius 3 is 1.36 bits per heavy atom. The van der Waals surface area contributed by atoms with Crippen molar-refractivity contribution < 1.29 is 38.2 Å². The zero-order chi connectivity index (χ0) is 41.3. The third kappa shape index (κ3) is 37.8. The van der Waals surface area contributed by atoms with Crippen molar-refractivity contribution in [2.75, 3.05) is 60.2 Å². The van der Waals surface area contributed by atoms with Crippen molar-refractivity contribution in [2.24, 2.45) is 11.8 Å². The van der Waals surface area contributed by atoms with Gasteiger partial charge in [-0.2, -0.15) is 0 Å². The molecule has 0 aromatic rings. The van der Waals surface area contributed by atoms with Gasteiger partial charge in [-0.25, -0.2) is 5.48 Å². The first-order valence-corrected chi connectivity index (χ1v) is 23.3. The largest absolute Gasteiger partial charge is 0.466 e. The van der Waals surface area contributed by atoms with Crippen LogP contribution in [0.1, 0.15) is 201 Å². The fraction of sp³-hybridized carbons (Fsp3) is 0.935. The van der Waals surface area contributed by atoms with Gasteiger partial charge in [-0.05, 0) is 83.8 Å². The first kappa shape index (κ1) is 54.2. The summed E-state index contributed by atoms with van der Waals surface area (Å²) >= 11 is 0. The smallest absolute Gasteiger partial charge is 0.306 e. The predicted molar refractivity (Wildman–Crippen MR) is 229 cm³/mol. The Morgan fingerprint density at radius 1 is 0.464 bits per heavy atom. The van der Waals surface area contributed by atoms with E-state index in [0.717, 1.165) is 51.6 Å². The Labute approximate surface area is 344 Å². The summed E-state index contributed by atoms with van der Waals surface area (Å²) in [5, 5.41) is 0. The van der Waals surface area contributed by atoms with Gasteiger partial charge < -0.3 is 23.8 Å². The topological polar surface area (TPSA) is 113 Å². The summed E-state index contributed by atoms with van der Waals surface area (Å²) in [6.07, 6.45) is 26.9. The summed E-state index contributed by atoms with van der Waals surface area (Å²) < 4.78 is 22.3. The van der Waals surface area contributed by atoms with Crippen molar-refractivity contribution in [1.82, 2.24) is 10.4 Å². The van der Waals surface area contributed by atoms with Crippen molar-refractivity contribution in [1.29, 1.82) is 0 Å². The van der Waals surface area contributed by atoms with Gasteiger partial charge in [0.25, 0.3) is 0 Å². The molecular formula is C46H90N2O8. The third-order valence-electron chi connectivity index (χ3n) is 10.5. The molecule has 1 N–H and O–H groups in total. The highest BCUT2D eigenvalue weighted by molar-refractivity contribution is 5.77. The average molecular weight is 799 g/mol. The van der Waals surface area contributed by atoms with Crippen molar-refractivity contribution in [3.63, 3.8) is 0 Å². The van der Waals surface area contributed by atoms with Gasteiger partial charge in [0.1, 0.15) is 0 Å². The van der Waals surface area contributed by atoms with Gasteiger partial charge in [-0.1, -0.05) is 130 Å². The van der Waals surface area contributed by atoms with E-state index in [9.17, 15) is 14.4 Å². The van der Waals surface area contributed by atoms with Crippen LogP contribution >= 0.6 is 0 Å². The Morgan fingerprint density at radius 2 is 0.893 bits per heavy atom. The Bertz CT molecular complexity index is 869. The van der Waals surface area contributed by atoms with Crippen molar-refractivity contribution in [2.45, 2.75) is 207 Å². The molecule has 0 bridgehead atoms. The maximum atomic E-state index is 12.3. The molecule has 0 saturated carbocycles. The summed E-state index contributed by atoms with van der Waals surface area (Å²) in [7, 11) is 4.11. The molecule has 0 aromatic carbocycles. The minimum atomic E-state index is -0.371. The van der Waals surface area contributed by atoms with Crippen LogP contribution in [0.2, 0.25) is 0 Å². The Hall–Kier alpha value is -1.75. The van der Waals surface area contributed by atoms with Crippen LogP contribution in [-0.4, -0.2) is 89.1 Å².